The third kappa shape index (κ3) is 3.77. The van der Waals surface area contributed by atoms with E-state index in [2.05, 4.69) is 22.1 Å². The summed E-state index contributed by atoms with van der Waals surface area (Å²) in [6.07, 6.45) is 4.78. The van der Waals surface area contributed by atoms with Crippen LogP contribution in [0.1, 0.15) is 54.7 Å². The van der Waals surface area contributed by atoms with Crippen LogP contribution in [0.5, 0.6) is 0 Å². The molecule has 29 heavy (non-hydrogen) atoms. The SMILES string of the molecule is CC#CC1(O)CC2CC(c3ncn(C)c3C(=O)Nc3ccc(F)c(Cl)c3)CC2C1. The number of aryl methyl sites for hydroxylation is 1. The number of amides is 1. The molecule has 2 atom stereocenters. The van der Waals surface area contributed by atoms with E-state index in [0.717, 1.165) is 18.5 Å². The molecule has 2 saturated carbocycles. The number of rotatable bonds is 3. The molecule has 2 unspecified atom stereocenters. The highest BCUT2D eigenvalue weighted by atomic mass is 35.5. The highest BCUT2D eigenvalue weighted by Gasteiger charge is 2.49. The lowest BCUT2D eigenvalue weighted by atomic mass is 9.92. The van der Waals surface area contributed by atoms with Gasteiger partial charge in [0.25, 0.3) is 5.91 Å². The van der Waals surface area contributed by atoms with E-state index in [1.165, 1.54) is 18.2 Å². The first-order valence-electron chi connectivity index (χ1n) is 9.73. The van der Waals surface area contributed by atoms with Gasteiger partial charge >= 0.3 is 0 Å². The van der Waals surface area contributed by atoms with Crippen LogP contribution in [0, 0.1) is 29.5 Å². The molecule has 7 heteroatoms. The first-order valence-corrected chi connectivity index (χ1v) is 10.1. The molecule has 1 heterocycles. The van der Waals surface area contributed by atoms with Crippen LogP contribution in [-0.2, 0) is 7.05 Å². The quantitative estimate of drug-likeness (QED) is 0.741. The molecule has 5 nitrogen and oxygen atoms in total. The minimum absolute atomic E-state index is 0.0423. The van der Waals surface area contributed by atoms with Gasteiger partial charge in [-0.15, -0.1) is 5.92 Å². The van der Waals surface area contributed by atoms with E-state index in [9.17, 15) is 14.3 Å². The van der Waals surface area contributed by atoms with Crippen molar-refractivity contribution in [3.05, 3.63) is 46.8 Å². The molecular formula is C22H23ClFN3O2. The molecule has 1 aromatic heterocycles. The van der Waals surface area contributed by atoms with Crippen LogP contribution >= 0.6 is 11.6 Å². The zero-order valence-electron chi connectivity index (χ0n) is 16.4. The number of aromatic nitrogens is 2. The highest BCUT2D eigenvalue weighted by molar-refractivity contribution is 6.31. The number of hydrogen-bond acceptors (Lipinski definition) is 3. The summed E-state index contributed by atoms with van der Waals surface area (Å²) < 4.78 is 15.1. The van der Waals surface area contributed by atoms with Gasteiger partial charge in [-0.2, -0.15) is 0 Å². The summed E-state index contributed by atoms with van der Waals surface area (Å²) >= 11 is 5.81. The molecule has 1 aromatic carbocycles. The van der Waals surface area contributed by atoms with Crippen LogP contribution < -0.4 is 5.32 Å². The average molecular weight is 416 g/mol. The van der Waals surface area contributed by atoms with Crippen molar-refractivity contribution in [3.63, 3.8) is 0 Å². The monoisotopic (exact) mass is 415 g/mol. The first-order chi connectivity index (χ1) is 13.8. The van der Waals surface area contributed by atoms with Gasteiger partial charge in [0, 0.05) is 18.7 Å². The predicted octanol–water partition coefficient (Wildman–Crippen LogP) is 4.12. The van der Waals surface area contributed by atoms with E-state index < -0.39 is 11.4 Å². The number of halogens is 2. The Bertz CT molecular complexity index is 1010. The fourth-order valence-corrected chi connectivity index (χ4v) is 5.19. The molecule has 0 aliphatic heterocycles. The average Bonchev–Trinajstić information content (AvgIpc) is 3.29. The van der Waals surface area contributed by atoms with E-state index in [1.807, 2.05) is 0 Å². The van der Waals surface area contributed by atoms with Gasteiger partial charge in [0.1, 0.15) is 17.1 Å². The number of fused-ring (bicyclic) bond motifs is 1. The van der Waals surface area contributed by atoms with Crippen LogP contribution in [0.4, 0.5) is 10.1 Å². The van der Waals surface area contributed by atoms with Crippen molar-refractivity contribution in [2.24, 2.45) is 18.9 Å². The Kier molecular flexibility index (Phi) is 5.14. The van der Waals surface area contributed by atoms with Crippen molar-refractivity contribution in [3.8, 4) is 11.8 Å². The normalized spacial score (nSPS) is 28.0. The molecule has 2 fully saturated rings. The maximum absolute atomic E-state index is 13.4. The van der Waals surface area contributed by atoms with E-state index in [-0.39, 0.29) is 16.8 Å². The summed E-state index contributed by atoms with van der Waals surface area (Å²) in [4.78, 5) is 17.5. The second-order valence-corrected chi connectivity index (χ2v) is 8.58. The molecular weight excluding hydrogens is 393 g/mol. The smallest absolute Gasteiger partial charge is 0.274 e. The second kappa shape index (κ2) is 7.47. The number of nitrogens with one attached hydrogen (secondary N) is 1. The fourth-order valence-electron chi connectivity index (χ4n) is 5.01. The van der Waals surface area contributed by atoms with Crippen molar-refractivity contribution in [2.75, 3.05) is 5.32 Å². The van der Waals surface area contributed by atoms with Crippen molar-refractivity contribution < 1.29 is 14.3 Å². The van der Waals surface area contributed by atoms with Crippen molar-refractivity contribution in [1.82, 2.24) is 9.55 Å². The van der Waals surface area contributed by atoms with E-state index in [1.54, 1.807) is 24.9 Å². The van der Waals surface area contributed by atoms with Crippen LogP contribution in [-0.4, -0.2) is 26.2 Å². The van der Waals surface area contributed by atoms with Crippen molar-refractivity contribution >= 4 is 23.2 Å². The number of anilines is 1. The zero-order valence-corrected chi connectivity index (χ0v) is 17.1. The summed E-state index contributed by atoms with van der Waals surface area (Å²) in [5, 5.41) is 13.4. The number of carbonyl (C=O) groups is 1. The fraction of sp³-hybridized carbons (Fsp3) is 0.455. The molecule has 0 bridgehead atoms. The number of nitrogens with zero attached hydrogens (tertiary/aromatic N) is 2. The highest BCUT2D eigenvalue weighted by Crippen LogP contribution is 2.53. The Labute approximate surface area is 174 Å². The number of hydrogen-bond donors (Lipinski definition) is 2. The van der Waals surface area contributed by atoms with Crippen LogP contribution in [0.3, 0.4) is 0 Å². The zero-order chi connectivity index (χ0) is 20.8. The number of imidazole rings is 1. The van der Waals surface area contributed by atoms with Gasteiger partial charge in [0.15, 0.2) is 0 Å². The lowest BCUT2D eigenvalue weighted by Crippen LogP contribution is -2.23. The van der Waals surface area contributed by atoms with Gasteiger partial charge in [-0.25, -0.2) is 9.37 Å². The molecule has 2 aliphatic rings. The Hall–Kier alpha value is -2.36. The second-order valence-electron chi connectivity index (χ2n) is 8.18. The number of benzene rings is 1. The van der Waals surface area contributed by atoms with Gasteiger partial charge < -0.3 is 15.0 Å². The number of carbonyl (C=O) groups excluding carboxylic acids is 1. The van der Waals surface area contributed by atoms with Gasteiger partial charge in [-0.3, -0.25) is 4.79 Å². The minimum Gasteiger partial charge on any atom is -0.378 e. The summed E-state index contributed by atoms with van der Waals surface area (Å²) in [5.74, 6) is 5.91. The molecule has 0 spiro atoms. The molecule has 1 amide bonds. The van der Waals surface area contributed by atoms with Crippen LogP contribution in [0.2, 0.25) is 5.02 Å². The first kappa shape index (κ1) is 19.9. The van der Waals surface area contributed by atoms with Crippen molar-refractivity contribution in [1.29, 1.82) is 0 Å². The topological polar surface area (TPSA) is 67.2 Å². The molecule has 2 aromatic rings. The predicted molar refractivity (Wildman–Crippen MR) is 109 cm³/mol. The summed E-state index contributed by atoms with van der Waals surface area (Å²) in [7, 11) is 1.79. The molecule has 152 valence electrons. The Balaban J connectivity index is 1.52. The van der Waals surface area contributed by atoms with Gasteiger partial charge in [-0.1, -0.05) is 17.5 Å². The summed E-state index contributed by atoms with van der Waals surface area (Å²) in [5.41, 5.74) is 0.832. The maximum atomic E-state index is 13.4. The van der Waals surface area contributed by atoms with Gasteiger partial charge in [0.05, 0.1) is 17.0 Å². The van der Waals surface area contributed by atoms with E-state index >= 15 is 0 Å². The molecule has 2 aliphatic carbocycles. The largest absolute Gasteiger partial charge is 0.378 e. The summed E-state index contributed by atoms with van der Waals surface area (Å²) in [6, 6.07) is 4.09. The summed E-state index contributed by atoms with van der Waals surface area (Å²) in [6.45, 7) is 1.75. The Morgan fingerprint density at radius 3 is 2.69 bits per heavy atom. The Morgan fingerprint density at radius 1 is 1.38 bits per heavy atom. The van der Waals surface area contributed by atoms with E-state index in [0.29, 0.717) is 36.1 Å². The lowest BCUT2D eigenvalue weighted by molar-refractivity contribution is 0.0979. The van der Waals surface area contributed by atoms with Crippen molar-refractivity contribution in [2.45, 2.75) is 44.1 Å². The number of aliphatic hydroxyl groups is 1. The van der Waals surface area contributed by atoms with Gasteiger partial charge in [0.2, 0.25) is 0 Å². The minimum atomic E-state index is -0.874. The van der Waals surface area contributed by atoms with Crippen LogP contribution in [0.15, 0.2) is 24.5 Å². The third-order valence-corrected chi connectivity index (χ3v) is 6.43. The standard InChI is InChI=1S/C22H23ClFN3O2/c1-3-6-22(29)10-14-7-13(8-15(14)11-22)19-20(27(2)12-25-19)21(28)26-16-4-5-18(24)17(23)9-16/h4-5,9,12-15,29H,7-8,10-11H2,1-2H3,(H,26,28). The third-order valence-electron chi connectivity index (χ3n) is 6.14. The molecule has 0 saturated heterocycles. The molecule has 0 radical (unpaired) electrons. The maximum Gasteiger partial charge on any atom is 0.274 e. The molecule has 4 rings (SSSR count). The van der Waals surface area contributed by atoms with E-state index in [4.69, 9.17) is 11.6 Å². The Morgan fingerprint density at radius 2 is 2.07 bits per heavy atom. The lowest BCUT2D eigenvalue weighted by Gasteiger charge is -2.18. The molecule has 2 N–H and O–H groups in total. The van der Waals surface area contributed by atoms with Gasteiger partial charge in [-0.05, 0) is 62.6 Å². The van der Waals surface area contributed by atoms with Crippen LogP contribution in [0.25, 0.3) is 0 Å².